The van der Waals surface area contributed by atoms with Gasteiger partial charge in [0.1, 0.15) is 12.0 Å². The highest BCUT2D eigenvalue weighted by Gasteiger charge is 2.08. The summed E-state index contributed by atoms with van der Waals surface area (Å²) in [5.41, 5.74) is 0.374. The number of hydrogen-bond acceptors (Lipinski definition) is 4. The maximum Gasteiger partial charge on any atom is 0.216 e. The molecule has 0 radical (unpaired) electrons. The molecule has 4 heteroatoms. The average molecular weight is 204 g/mol. The molecule has 15 heavy (non-hydrogen) atoms. The van der Waals surface area contributed by atoms with E-state index in [1.54, 1.807) is 0 Å². The summed E-state index contributed by atoms with van der Waals surface area (Å²) in [5, 5.41) is 0. The van der Waals surface area contributed by atoms with Crippen LogP contribution in [0, 0.1) is 12.3 Å². The highest BCUT2D eigenvalue weighted by molar-refractivity contribution is 5.94. The lowest BCUT2D eigenvalue weighted by atomic mass is 10.1. The fourth-order valence-electron chi connectivity index (χ4n) is 1.08. The van der Waals surface area contributed by atoms with Crippen LogP contribution < -0.4 is 4.74 Å². The third-order valence-electron chi connectivity index (χ3n) is 1.86. The van der Waals surface area contributed by atoms with E-state index >= 15 is 0 Å². The molecule has 4 nitrogen and oxygen atoms in total. The Morgan fingerprint density at radius 1 is 1.60 bits per heavy atom. The smallest absolute Gasteiger partial charge is 0.216 e. The summed E-state index contributed by atoms with van der Waals surface area (Å²) in [5.74, 6) is 2.85. The van der Waals surface area contributed by atoms with Crippen molar-refractivity contribution in [1.82, 2.24) is 9.97 Å². The highest BCUT2D eigenvalue weighted by atomic mass is 16.5. The molecular weight excluding hydrogens is 192 g/mol. The molecule has 0 fully saturated rings. The van der Waals surface area contributed by atoms with E-state index in [0.29, 0.717) is 30.8 Å². The fourth-order valence-corrected chi connectivity index (χ4v) is 1.08. The molecule has 0 aliphatic carbocycles. The minimum absolute atomic E-state index is 0.0362. The SMILES string of the molecule is C#CCCCC(=O)c1cc(OC)ncn1. The van der Waals surface area contributed by atoms with Crippen molar-refractivity contribution in [2.75, 3.05) is 7.11 Å². The Morgan fingerprint density at radius 2 is 2.40 bits per heavy atom. The molecule has 0 aliphatic heterocycles. The summed E-state index contributed by atoms with van der Waals surface area (Å²) in [6.07, 6.45) is 8.10. The van der Waals surface area contributed by atoms with Crippen LogP contribution in [-0.4, -0.2) is 22.9 Å². The lowest BCUT2D eigenvalue weighted by Crippen LogP contribution is -2.03. The first-order chi connectivity index (χ1) is 7.27. The van der Waals surface area contributed by atoms with E-state index in [1.165, 1.54) is 19.5 Å². The van der Waals surface area contributed by atoms with Gasteiger partial charge < -0.3 is 4.74 Å². The molecule has 1 aromatic rings. The number of carbonyl (C=O) groups is 1. The molecule has 0 amide bonds. The number of rotatable bonds is 5. The molecule has 0 saturated carbocycles. The van der Waals surface area contributed by atoms with E-state index in [2.05, 4.69) is 15.9 Å². The molecular formula is C11H12N2O2. The van der Waals surface area contributed by atoms with E-state index in [0.717, 1.165) is 0 Å². The Kier molecular flexibility index (Phi) is 4.30. The third kappa shape index (κ3) is 3.39. The molecule has 0 N–H and O–H groups in total. The Hall–Kier alpha value is -1.89. The zero-order valence-electron chi connectivity index (χ0n) is 8.56. The Bertz CT molecular complexity index is 382. The lowest BCUT2D eigenvalue weighted by molar-refractivity contribution is 0.0975. The Balaban J connectivity index is 2.61. The first kappa shape index (κ1) is 11.2. The average Bonchev–Trinajstić information content (AvgIpc) is 2.29. The second-order valence-corrected chi connectivity index (χ2v) is 2.93. The van der Waals surface area contributed by atoms with Crippen LogP contribution >= 0.6 is 0 Å². The van der Waals surface area contributed by atoms with Gasteiger partial charge in [-0.15, -0.1) is 12.3 Å². The van der Waals surface area contributed by atoms with Crippen LogP contribution in [0.4, 0.5) is 0 Å². The standard InChI is InChI=1S/C11H12N2O2/c1-3-4-5-6-10(14)9-7-11(15-2)13-8-12-9/h1,7-8H,4-6H2,2H3. The van der Waals surface area contributed by atoms with Crippen LogP contribution in [0.1, 0.15) is 29.8 Å². The Morgan fingerprint density at radius 3 is 3.07 bits per heavy atom. The first-order valence-electron chi connectivity index (χ1n) is 4.60. The third-order valence-corrected chi connectivity index (χ3v) is 1.86. The summed E-state index contributed by atoms with van der Waals surface area (Å²) >= 11 is 0. The van der Waals surface area contributed by atoms with Gasteiger partial charge in [0.05, 0.1) is 7.11 Å². The molecule has 0 saturated heterocycles. The van der Waals surface area contributed by atoms with Gasteiger partial charge in [0, 0.05) is 18.9 Å². The summed E-state index contributed by atoms with van der Waals surface area (Å²) < 4.78 is 4.89. The van der Waals surface area contributed by atoms with E-state index in [-0.39, 0.29) is 5.78 Å². The maximum atomic E-state index is 11.6. The number of methoxy groups -OCH3 is 1. The van der Waals surface area contributed by atoms with Crippen LogP contribution in [0.15, 0.2) is 12.4 Å². The van der Waals surface area contributed by atoms with E-state index in [1.807, 2.05) is 0 Å². The first-order valence-corrected chi connectivity index (χ1v) is 4.60. The topological polar surface area (TPSA) is 52.1 Å². The normalized spacial score (nSPS) is 9.33. The predicted molar refractivity (Wildman–Crippen MR) is 55.6 cm³/mol. The number of aromatic nitrogens is 2. The Labute approximate surface area is 88.7 Å². The number of terminal acetylenes is 1. The van der Waals surface area contributed by atoms with Gasteiger partial charge >= 0.3 is 0 Å². The number of nitrogens with zero attached hydrogens (tertiary/aromatic N) is 2. The minimum atomic E-state index is -0.0362. The van der Waals surface area contributed by atoms with Crippen molar-refractivity contribution >= 4 is 5.78 Å². The summed E-state index contributed by atoms with van der Waals surface area (Å²) in [7, 11) is 1.49. The minimum Gasteiger partial charge on any atom is -0.481 e. The second-order valence-electron chi connectivity index (χ2n) is 2.93. The summed E-state index contributed by atoms with van der Waals surface area (Å²) in [6.45, 7) is 0. The quantitative estimate of drug-likeness (QED) is 0.414. The predicted octanol–water partition coefficient (Wildman–Crippen LogP) is 1.47. The van der Waals surface area contributed by atoms with Crippen LogP contribution in [0.25, 0.3) is 0 Å². The van der Waals surface area contributed by atoms with Gasteiger partial charge in [0.15, 0.2) is 5.78 Å². The number of ketones is 1. The van der Waals surface area contributed by atoms with Crippen LogP contribution in [0.3, 0.4) is 0 Å². The molecule has 1 rings (SSSR count). The maximum absolute atomic E-state index is 11.6. The van der Waals surface area contributed by atoms with Gasteiger partial charge in [-0.1, -0.05) is 0 Å². The summed E-state index contributed by atoms with van der Waals surface area (Å²) in [6, 6.07) is 1.53. The largest absolute Gasteiger partial charge is 0.481 e. The molecule has 0 spiro atoms. The van der Waals surface area contributed by atoms with Crippen molar-refractivity contribution in [3.05, 3.63) is 18.1 Å². The van der Waals surface area contributed by atoms with Gasteiger partial charge in [0.2, 0.25) is 5.88 Å². The molecule has 1 heterocycles. The monoisotopic (exact) mass is 204 g/mol. The molecule has 1 aromatic heterocycles. The van der Waals surface area contributed by atoms with Crippen molar-refractivity contribution in [2.24, 2.45) is 0 Å². The number of unbranched alkanes of at least 4 members (excludes halogenated alkanes) is 1. The van der Waals surface area contributed by atoms with Crippen molar-refractivity contribution in [2.45, 2.75) is 19.3 Å². The number of carbonyl (C=O) groups excluding carboxylic acids is 1. The summed E-state index contributed by atoms with van der Waals surface area (Å²) in [4.78, 5) is 19.3. The van der Waals surface area contributed by atoms with Gasteiger partial charge in [-0.05, 0) is 6.42 Å². The zero-order valence-corrected chi connectivity index (χ0v) is 8.56. The van der Waals surface area contributed by atoms with Gasteiger partial charge in [-0.25, -0.2) is 9.97 Å². The molecule has 0 unspecified atom stereocenters. The number of ether oxygens (including phenoxy) is 1. The molecule has 0 aliphatic rings. The van der Waals surface area contributed by atoms with E-state index < -0.39 is 0 Å². The van der Waals surface area contributed by atoms with Gasteiger partial charge in [-0.2, -0.15) is 0 Å². The highest BCUT2D eigenvalue weighted by Crippen LogP contribution is 2.09. The van der Waals surface area contributed by atoms with Crippen molar-refractivity contribution in [3.8, 4) is 18.2 Å². The van der Waals surface area contributed by atoms with Gasteiger partial charge in [0.25, 0.3) is 0 Å². The van der Waals surface area contributed by atoms with E-state index in [4.69, 9.17) is 11.2 Å². The van der Waals surface area contributed by atoms with Gasteiger partial charge in [-0.3, -0.25) is 4.79 Å². The number of Topliss-reactive ketones (excluding diaryl/α,β-unsaturated/α-hetero) is 1. The number of hydrogen-bond donors (Lipinski definition) is 0. The molecule has 0 bridgehead atoms. The van der Waals surface area contributed by atoms with Crippen LogP contribution in [0.5, 0.6) is 5.88 Å². The molecule has 78 valence electrons. The zero-order chi connectivity index (χ0) is 11.1. The second kappa shape index (κ2) is 5.76. The lowest BCUT2D eigenvalue weighted by Gasteiger charge is -2.00. The van der Waals surface area contributed by atoms with Crippen LogP contribution in [0.2, 0.25) is 0 Å². The van der Waals surface area contributed by atoms with Crippen LogP contribution in [-0.2, 0) is 0 Å². The van der Waals surface area contributed by atoms with Crippen molar-refractivity contribution in [1.29, 1.82) is 0 Å². The van der Waals surface area contributed by atoms with Crippen molar-refractivity contribution < 1.29 is 9.53 Å². The molecule has 0 aromatic carbocycles. The molecule has 0 atom stereocenters. The van der Waals surface area contributed by atoms with E-state index in [9.17, 15) is 4.79 Å². The van der Waals surface area contributed by atoms with Crippen molar-refractivity contribution in [3.63, 3.8) is 0 Å². The fraction of sp³-hybridized carbons (Fsp3) is 0.364.